The number of hydrogen-bond donors (Lipinski definition) is 2. The molecule has 0 heterocycles. The summed E-state index contributed by atoms with van der Waals surface area (Å²) in [6.07, 6.45) is 0.933. The quantitative estimate of drug-likeness (QED) is 0.246. The van der Waals surface area contributed by atoms with Crippen LogP contribution in [0.5, 0.6) is 0 Å². The molecule has 0 rings (SSSR count). The van der Waals surface area contributed by atoms with Crippen molar-refractivity contribution >= 4 is 6.01 Å². The van der Waals surface area contributed by atoms with Crippen molar-refractivity contribution in [2.24, 2.45) is 15.8 Å². The van der Waals surface area contributed by atoms with E-state index in [4.69, 9.17) is 5.84 Å². The average Bonchev–Trinajstić information content (AvgIpc) is 1.97. The molecular formula is C6H14N4. The maximum atomic E-state index is 5.03. The Labute approximate surface area is 61.2 Å². The van der Waals surface area contributed by atoms with Crippen molar-refractivity contribution in [3.63, 3.8) is 0 Å². The van der Waals surface area contributed by atoms with Gasteiger partial charge in [0.05, 0.1) is 12.6 Å². The van der Waals surface area contributed by atoms with Gasteiger partial charge in [-0.25, -0.2) is 9.98 Å². The van der Waals surface area contributed by atoms with E-state index in [1.165, 1.54) is 0 Å². The standard InChI is InChI=1S/C6H14N4/c1-2-8-6-9-4-3-5-10-7/h10H,2-5,7H2,1H3. The number of nitrogens with zero attached hydrogens (tertiary/aromatic N) is 2. The van der Waals surface area contributed by atoms with E-state index in [-0.39, 0.29) is 0 Å². The first-order chi connectivity index (χ1) is 4.91. The maximum absolute atomic E-state index is 5.03. The number of nitrogens with one attached hydrogen (secondary N) is 1. The van der Waals surface area contributed by atoms with Gasteiger partial charge in [-0.3, -0.25) is 11.3 Å². The molecule has 58 valence electrons. The van der Waals surface area contributed by atoms with Gasteiger partial charge in [-0.05, 0) is 13.3 Å². The maximum Gasteiger partial charge on any atom is 0.0892 e. The normalized spacial score (nSPS) is 8.60. The monoisotopic (exact) mass is 142 g/mol. The summed E-state index contributed by atoms with van der Waals surface area (Å²) < 4.78 is 0. The Hall–Kier alpha value is -0.700. The summed E-state index contributed by atoms with van der Waals surface area (Å²) in [5, 5.41) is 0. The molecule has 0 aliphatic heterocycles. The second-order valence-electron chi connectivity index (χ2n) is 1.76. The number of nitrogens with two attached hydrogens (primary N) is 1. The number of hydrogen-bond acceptors (Lipinski definition) is 4. The Kier molecular flexibility index (Phi) is 7.72. The molecule has 0 aliphatic rings. The summed E-state index contributed by atoms with van der Waals surface area (Å²) in [5.74, 6) is 5.03. The molecule has 0 aromatic carbocycles. The van der Waals surface area contributed by atoms with Crippen molar-refractivity contribution in [3.05, 3.63) is 0 Å². The van der Waals surface area contributed by atoms with Crippen molar-refractivity contribution in [1.82, 2.24) is 5.43 Å². The smallest absolute Gasteiger partial charge is 0.0892 e. The summed E-state index contributed by atoms with van der Waals surface area (Å²) in [5.41, 5.74) is 2.54. The van der Waals surface area contributed by atoms with Gasteiger partial charge in [-0.15, -0.1) is 0 Å². The van der Waals surface area contributed by atoms with Crippen LogP contribution in [0.2, 0.25) is 0 Å². The zero-order chi connectivity index (χ0) is 7.66. The summed E-state index contributed by atoms with van der Waals surface area (Å²) in [7, 11) is 0. The summed E-state index contributed by atoms with van der Waals surface area (Å²) >= 11 is 0. The molecule has 0 saturated heterocycles. The third-order valence-electron chi connectivity index (χ3n) is 0.891. The average molecular weight is 142 g/mol. The van der Waals surface area contributed by atoms with Gasteiger partial charge in [0.2, 0.25) is 0 Å². The summed E-state index contributed by atoms with van der Waals surface area (Å²) in [6, 6.07) is 2.58. The zero-order valence-electron chi connectivity index (χ0n) is 6.30. The van der Waals surface area contributed by atoms with Crippen LogP contribution in [0.25, 0.3) is 0 Å². The highest BCUT2D eigenvalue weighted by Crippen LogP contribution is 1.74. The first-order valence-electron chi connectivity index (χ1n) is 3.43. The second-order valence-corrected chi connectivity index (χ2v) is 1.76. The molecule has 0 amide bonds. The predicted octanol–water partition coefficient (Wildman–Crippen LogP) is 0.0336. The minimum atomic E-state index is 0.744. The third-order valence-corrected chi connectivity index (χ3v) is 0.891. The topological polar surface area (TPSA) is 62.8 Å². The van der Waals surface area contributed by atoms with Crippen molar-refractivity contribution in [2.45, 2.75) is 13.3 Å². The van der Waals surface area contributed by atoms with Crippen molar-refractivity contribution in [2.75, 3.05) is 19.6 Å². The molecule has 0 radical (unpaired) electrons. The van der Waals surface area contributed by atoms with Gasteiger partial charge in [0.1, 0.15) is 0 Å². The van der Waals surface area contributed by atoms with Crippen LogP contribution in [0.3, 0.4) is 0 Å². The highest BCUT2D eigenvalue weighted by atomic mass is 15.2. The molecule has 0 aromatic heterocycles. The van der Waals surface area contributed by atoms with Crippen LogP contribution in [-0.2, 0) is 0 Å². The van der Waals surface area contributed by atoms with E-state index >= 15 is 0 Å². The lowest BCUT2D eigenvalue weighted by Crippen LogP contribution is -2.23. The summed E-state index contributed by atoms with van der Waals surface area (Å²) in [4.78, 5) is 7.69. The molecule has 0 fully saturated rings. The SMILES string of the molecule is CCN=C=NCCCNN. The Bertz CT molecular complexity index is 115. The van der Waals surface area contributed by atoms with Gasteiger partial charge in [-0.2, -0.15) is 0 Å². The van der Waals surface area contributed by atoms with E-state index < -0.39 is 0 Å². The second kappa shape index (κ2) is 8.30. The van der Waals surface area contributed by atoms with Crippen LogP contribution in [-0.4, -0.2) is 25.6 Å². The van der Waals surface area contributed by atoms with E-state index in [2.05, 4.69) is 21.4 Å². The molecule has 3 N–H and O–H groups in total. The van der Waals surface area contributed by atoms with Gasteiger partial charge >= 0.3 is 0 Å². The molecule has 0 aromatic rings. The predicted molar refractivity (Wildman–Crippen MR) is 42.1 cm³/mol. The Morgan fingerprint density at radius 2 is 2.30 bits per heavy atom. The molecule has 0 saturated carbocycles. The van der Waals surface area contributed by atoms with E-state index in [9.17, 15) is 0 Å². The van der Waals surface area contributed by atoms with Crippen LogP contribution in [0, 0.1) is 0 Å². The Morgan fingerprint density at radius 1 is 1.50 bits per heavy atom. The van der Waals surface area contributed by atoms with Gasteiger partial charge < -0.3 is 0 Å². The van der Waals surface area contributed by atoms with Crippen LogP contribution in [0.4, 0.5) is 0 Å². The summed E-state index contributed by atoms with van der Waals surface area (Å²) in [6.45, 7) is 4.23. The number of aliphatic imine (C=N–C) groups is 2. The fourth-order valence-electron chi connectivity index (χ4n) is 0.431. The van der Waals surface area contributed by atoms with E-state index in [0.717, 1.165) is 26.1 Å². The van der Waals surface area contributed by atoms with Crippen molar-refractivity contribution in [1.29, 1.82) is 0 Å². The fraction of sp³-hybridized carbons (Fsp3) is 0.833. The Morgan fingerprint density at radius 3 is 2.90 bits per heavy atom. The largest absolute Gasteiger partial charge is 0.271 e. The zero-order valence-corrected chi connectivity index (χ0v) is 6.30. The molecule has 10 heavy (non-hydrogen) atoms. The number of rotatable bonds is 5. The highest BCUT2D eigenvalue weighted by molar-refractivity contribution is 5.40. The molecule has 0 aliphatic carbocycles. The lowest BCUT2D eigenvalue weighted by molar-refractivity contribution is 0.688. The van der Waals surface area contributed by atoms with Crippen LogP contribution in [0.1, 0.15) is 13.3 Å². The van der Waals surface area contributed by atoms with Gasteiger partial charge in [0.15, 0.2) is 0 Å². The van der Waals surface area contributed by atoms with E-state index in [1.54, 1.807) is 0 Å². The molecule has 0 unspecified atom stereocenters. The minimum absolute atomic E-state index is 0.744. The van der Waals surface area contributed by atoms with Gasteiger partial charge in [0, 0.05) is 13.1 Å². The number of hydrazine groups is 1. The van der Waals surface area contributed by atoms with Crippen molar-refractivity contribution in [3.8, 4) is 0 Å². The van der Waals surface area contributed by atoms with Gasteiger partial charge in [-0.1, -0.05) is 0 Å². The van der Waals surface area contributed by atoms with E-state index in [0.29, 0.717) is 0 Å². The lowest BCUT2D eigenvalue weighted by atomic mass is 10.4. The van der Waals surface area contributed by atoms with E-state index in [1.807, 2.05) is 6.92 Å². The first kappa shape index (κ1) is 9.30. The van der Waals surface area contributed by atoms with Crippen LogP contribution in [0.15, 0.2) is 9.98 Å². The van der Waals surface area contributed by atoms with Crippen LogP contribution < -0.4 is 11.3 Å². The van der Waals surface area contributed by atoms with Crippen LogP contribution >= 0.6 is 0 Å². The lowest BCUT2D eigenvalue weighted by Gasteiger charge is -1.90. The molecular weight excluding hydrogens is 128 g/mol. The molecule has 4 heteroatoms. The fourth-order valence-corrected chi connectivity index (χ4v) is 0.431. The molecule has 0 bridgehead atoms. The van der Waals surface area contributed by atoms with Gasteiger partial charge in [0.25, 0.3) is 0 Å². The minimum Gasteiger partial charge on any atom is -0.271 e. The third kappa shape index (κ3) is 7.30. The molecule has 4 nitrogen and oxygen atoms in total. The first-order valence-corrected chi connectivity index (χ1v) is 3.43. The highest BCUT2D eigenvalue weighted by Gasteiger charge is 1.78. The molecule has 0 atom stereocenters. The van der Waals surface area contributed by atoms with Crippen molar-refractivity contribution < 1.29 is 0 Å². The Balaban J connectivity index is 3.10. The molecule has 0 spiro atoms.